The van der Waals surface area contributed by atoms with Gasteiger partial charge < -0.3 is 4.90 Å². The molecule has 2 aromatic heterocycles. The average Bonchev–Trinajstić information content (AvgIpc) is 3.23. The van der Waals surface area contributed by atoms with Gasteiger partial charge in [0.05, 0.1) is 6.04 Å². The molecule has 138 valence electrons. The minimum Gasteiger partial charge on any atom is -0.334 e. The number of nitrogens with zero attached hydrogens (tertiary/aromatic N) is 5. The minimum absolute atomic E-state index is 0.00724. The molecule has 1 unspecified atom stereocenters. The van der Waals surface area contributed by atoms with Crippen LogP contribution in [-0.4, -0.2) is 62.6 Å². The zero-order chi connectivity index (χ0) is 18.8. The first kappa shape index (κ1) is 17.3. The van der Waals surface area contributed by atoms with Gasteiger partial charge in [-0.1, -0.05) is 12.1 Å². The van der Waals surface area contributed by atoms with Gasteiger partial charge in [-0.05, 0) is 25.2 Å². The van der Waals surface area contributed by atoms with Gasteiger partial charge in [0.25, 0.3) is 5.91 Å². The zero-order valence-corrected chi connectivity index (χ0v) is 14.8. The molecule has 1 aliphatic rings. The lowest BCUT2D eigenvalue weighted by Crippen LogP contribution is -2.49. The monoisotopic (exact) mass is 366 g/mol. The number of aromatic amines is 1. The van der Waals surface area contributed by atoms with E-state index in [-0.39, 0.29) is 17.8 Å². The van der Waals surface area contributed by atoms with Gasteiger partial charge in [-0.15, -0.1) is 0 Å². The first-order valence-electron chi connectivity index (χ1n) is 8.68. The van der Waals surface area contributed by atoms with E-state index >= 15 is 0 Å². The van der Waals surface area contributed by atoms with Crippen molar-refractivity contribution in [2.24, 2.45) is 0 Å². The Morgan fingerprint density at radius 3 is 2.74 bits per heavy atom. The van der Waals surface area contributed by atoms with Crippen molar-refractivity contribution in [3.05, 3.63) is 66.0 Å². The maximum absolute atomic E-state index is 13.4. The average molecular weight is 366 g/mol. The number of likely N-dealkylation sites (N-methyl/N-ethyl adjacent to an activating group) is 1. The Balaban J connectivity index is 1.53. The van der Waals surface area contributed by atoms with Crippen LogP contribution in [0.25, 0.3) is 11.4 Å². The van der Waals surface area contributed by atoms with Gasteiger partial charge in [0.2, 0.25) is 0 Å². The Morgan fingerprint density at radius 1 is 1.22 bits per heavy atom. The standard InChI is InChI=1S/C19H19FN6O/c1-25-7-8-26(19(27)16-5-6-23-24-16)12-17(25)14-10-21-18(22-11-14)13-3-2-4-15(20)9-13/h2-6,9-11,17H,7-8,12H2,1H3,(H,23,24). The van der Waals surface area contributed by atoms with E-state index in [1.54, 1.807) is 41.7 Å². The molecule has 1 fully saturated rings. The van der Waals surface area contributed by atoms with Gasteiger partial charge in [-0.2, -0.15) is 5.10 Å². The van der Waals surface area contributed by atoms with E-state index in [0.717, 1.165) is 12.1 Å². The molecule has 0 radical (unpaired) electrons. The quantitative estimate of drug-likeness (QED) is 0.768. The largest absolute Gasteiger partial charge is 0.334 e. The lowest BCUT2D eigenvalue weighted by atomic mass is 10.1. The third-order valence-electron chi connectivity index (χ3n) is 4.81. The summed E-state index contributed by atoms with van der Waals surface area (Å²) >= 11 is 0. The number of benzene rings is 1. The van der Waals surface area contributed by atoms with Crippen LogP contribution >= 0.6 is 0 Å². The predicted octanol–water partition coefficient (Wildman–Crippen LogP) is 2.13. The summed E-state index contributed by atoms with van der Waals surface area (Å²) in [6.45, 7) is 1.93. The summed E-state index contributed by atoms with van der Waals surface area (Å²) < 4.78 is 13.4. The van der Waals surface area contributed by atoms with Crippen molar-refractivity contribution in [1.29, 1.82) is 0 Å². The maximum Gasteiger partial charge on any atom is 0.271 e. The molecule has 27 heavy (non-hydrogen) atoms. The first-order chi connectivity index (χ1) is 13.1. The molecular formula is C19H19FN6O. The minimum atomic E-state index is -0.319. The van der Waals surface area contributed by atoms with E-state index in [9.17, 15) is 9.18 Å². The van der Waals surface area contributed by atoms with E-state index in [4.69, 9.17) is 0 Å². The summed E-state index contributed by atoms with van der Waals surface area (Å²) in [6.07, 6.45) is 5.07. The Hall–Kier alpha value is -3.13. The van der Waals surface area contributed by atoms with Crippen LogP contribution in [0.2, 0.25) is 0 Å². The van der Waals surface area contributed by atoms with E-state index in [1.807, 2.05) is 7.05 Å². The number of rotatable bonds is 3. The van der Waals surface area contributed by atoms with Crippen LogP contribution < -0.4 is 0 Å². The zero-order valence-electron chi connectivity index (χ0n) is 14.8. The summed E-state index contributed by atoms with van der Waals surface area (Å²) in [5, 5.41) is 6.57. The third-order valence-corrected chi connectivity index (χ3v) is 4.81. The fraction of sp³-hybridized carbons (Fsp3) is 0.263. The first-order valence-corrected chi connectivity index (χ1v) is 8.68. The molecule has 1 amide bonds. The number of carbonyl (C=O) groups is 1. The van der Waals surface area contributed by atoms with Crippen LogP contribution in [0.15, 0.2) is 48.9 Å². The Kier molecular flexibility index (Phi) is 4.64. The van der Waals surface area contributed by atoms with Crippen LogP contribution in [-0.2, 0) is 0 Å². The molecule has 7 nitrogen and oxygen atoms in total. The van der Waals surface area contributed by atoms with E-state index < -0.39 is 0 Å². The molecular weight excluding hydrogens is 347 g/mol. The number of nitrogens with one attached hydrogen (secondary N) is 1. The van der Waals surface area contributed by atoms with Crippen molar-refractivity contribution in [3.63, 3.8) is 0 Å². The van der Waals surface area contributed by atoms with Crippen molar-refractivity contribution < 1.29 is 9.18 Å². The van der Waals surface area contributed by atoms with Gasteiger partial charge in [0, 0.05) is 49.4 Å². The Labute approximate surface area is 155 Å². The van der Waals surface area contributed by atoms with E-state index in [0.29, 0.717) is 30.2 Å². The number of H-pyrrole nitrogens is 1. The second-order valence-electron chi connectivity index (χ2n) is 6.57. The summed E-state index contributed by atoms with van der Waals surface area (Å²) in [7, 11) is 2.02. The predicted molar refractivity (Wildman–Crippen MR) is 97.3 cm³/mol. The van der Waals surface area contributed by atoms with Crippen molar-refractivity contribution in [2.45, 2.75) is 6.04 Å². The number of carbonyl (C=O) groups excluding carboxylic acids is 1. The summed E-state index contributed by atoms with van der Waals surface area (Å²) in [5.74, 6) is 0.0881. The molecule has 8 heteroatoms. The van der Waals surface area contributed by atoms with Gasteiger partial charge in [-0.3, -0.25) is 14.8 Å². The molecule has 0 aliphatic carbocycles. The van der Waals surface area contributed by atoms with Gasteiger partial charge in [0.15, 0.2) is 5.82 Å². The lowest BCUT2D eigenvalue weighted by Gasteiger charge is -2.39. The van der Waals surface area contributed by atoms with Gasteiger partial charge in [-0.25, -0.2) is 14.4 Å². The maximum atomic E-state index is 13.4. The molecule has 1 atom stereocenters. The number of piperazine rings is 1. The Morgan fingerprint density at radius 2 is 2.04 bits per heavy atom. The fourth-order valence-electron chi connectivity index (χ4n) is 3.25. The van der Waals surface area contributed by atoms with Gasteiger partial charge >= 0.3 is 0 Å². The van der Waals surface area contributed by atoms with Crippen LogP contribution in [0.3, 0.4) is 0 Å². The smallest absolute Gasteiger partial charge is 0.271 e. The molecule has 0 saturated carbocycles. The topological polar surface area (TPSA) is 78.0 Å². The number of amides is 1. The highest BCUT2D eigenvalue weighted by molar-refractivity contribution is 5.92. The molecule has 0 spiro atoms. The summed E-state index contributed by atoms with van der Waals surface area (Å²) in [4.78, 5) is 25.4. The highest BCUT2D eigenvalue weighted by Gasteiger charge is 2.29. The second kappa shape index (κ2) is 7.24. The number of hydrogen-bond donors (Lipinski definition) is 1. The fourth-order valence-corrected chi connectivity index (χ4v) is 3.25. The number of halogens is 1. The molecule has 3 aromatic rings. The second-order valence-corrected chi connectivity index (χ2v) is 6.57. The molecule has 1 aromatic carbocycles. The van der Waals surface area contributed by atoms with E-state index in [1.165, 1.54) is 12.1 Å². The summed E-state index contributed by atoms with van der Waals surface area (Å²) in [5.41, 5.74) is 2.03. The van der Waals surface area contributed by atoms with Crippen molar-refractivity contribution in [2.75, 3.05) is 26.7 Å². The Bertz CT molecular complexity index is 928. The van der Waals surface area contributed by atoms with Crippen LogP contribution in [0.5, 0.6) is 0 Å². The van der Waals surface area contributed by atoms with Crippen LogP contribution in [0.4, 0.5) is 4.39 Å². The molecule has 1 aliphatic heterocycles. The lowest BCUT2D eigenvalue weighted by molar-refractivity contribution is 0.0539. The number of aromatic nitrogens is 4. The molecule has 1 saturated heterocycles. The highest BCUT2D eigenvalue weighted by Crippen LogP contribution is 2.25. The van der Waals surface area contributed by atoms with Gasteiger partial charge in [0.1, 0.15) is 11.5 Å². The van der Waals surface area contributed by atoms with Crippen molar-refractivity contribution in [3.8, 4) is 11.4 Å². The molecule has 0 bridgehead atoms. The third kappa shape index (κ3) is 3.56. The summed E-state index contributed by atoms with van der Waals surface area (Å²) in [6, 6.07) is 7.87. The SMILES string of the molecule is CN1CCN(C(=O)c2ccn[nH]2)CC1c1cnc(-c2cccc(F)c2)nc1. The molecule has 3 heterocycles. The van der Waals surface area contributed by atoms with Crippen LogP contribution in [0, 0.1) is 5.82 Å². The van der Waals surface area contributed by atoms with Crippen molar-refractivity contribution >= 4 is 5.91 Å². The highest BCUT2D eigenvalue weighted by atomic mass is 19.1. The number of hydrogen-bond acceptors (Lipinski definition) is 5. The van der Waals surface area contributed by atoms with Crippen molar-refractivity contribution in [1.82, 2.24) is 30.0 Å². The van der Waals surface area contributed by atoms with E-state index in [2.05, 4.69) is 25.1 Å². The normalized spacial score (nSPS) is 17.9. The van der Waals surface area contributed by atoms with Crippen LogP contribution in [0.1, 0.15) is 22.1 Å². The molecule has 4 rings (SSSR count). The molecule has 1 N–H and O–H groups in total.